The van der Waals surface area contributed by atoms with Gasteiger partial charge >= 0.3 is 0 Å². The molecule has 10 atom stereocenters. The first-order valence-electron chi connectivity index (χ1n) is 19.4. The molecule has 65 heavy (non-hydrogen) atoms. The second-order valence-electron chi connectivity index (χ2n) is 16.9. The largest absolute Gasteiger partial charge is 0.510 e. The number of Topliss-reactive ketones (excluding diaryl/α,β-unsaturated/α-hetero) is 4. The summed E-state index contributed by atoms with van der Waals surface area (Å²) in [6.45, 7) is 0. The fourth-order valence-corrected chi connectivity index (χ4v) is 11.0. The number of fused-ring (bicyclic) bond motifs is 6. The van der Waals surface area contributed by atoms with Gasteiger partial charge in [-0.2, -0.15) is 0 Å². The first-order valence-corrected chi connectivity index (χ1v) is 20.1. The summed E-state index contributed by atoms with van der Waals surface area (Å²) in [6.07, 6.45) is -3.41. The van der Waals surface area contributed by atoms with Gasteiger partial charge in [-0.05, 0) is 65.3 Å². The molecule has 0 saturated heterocycles. The fraction of sp³-hybridized carbons (Fsp3) is 0.381. The lowest BCUT2D eigenvalue weighted by molar-refractivity contribution is -0.150. The van der Waals surface area contributed by atoms with Gasteiger partial charge in [0.2, 0.25) is 11.6 Å². The van der Waals surface area contributed by atoms with E-state index in [9.17, 15) is 79.8 Å². The maximum atomic E-state index is 13.3. The minimum absolute atomic E-state index is 0. The van der Waals surface area contributed by atoms with Crippen molar-refractivity contribution in [1.29, 1.82) is 0 Å². The standard InChI is InChI=1S/2C21H21ClN2O8.ClH/c2*1-24(2)14-7-5-6-10(16(27)12-9(25)4-3-8(22)11(12)15(6)26)18(29)21(7,32)19(30)13(17(14)28)20(23)31;/h2*3-4,6-7,14-15,25-26,28-29,32H,5H2,1-2H3,(H2,23,31);1H/t2*6-,7-,14-,15-,21-;/m00./s1. The highest BCUT2D eigenvalue weighted by atomic mass is 35.5. The molecule has 23 heteroatoms. The Morgan fingerprint density at radius 3 is 1.20 bits per heavy atom. The molecule has 2 aromatic carbocycles. The number of halogens is 3. The molecule has 0 unspecified atom stereocenters. The normalized spacial score (nSPS) is 31.6. The van der Waals surface area contributed by atoms with Gasteiger partial charge in [0.05, 0.1) is 35.4 Å². The van der Waals surface area contributed by atoms with Crippen LogP contribution in [0.25, 0.3) is 0 Å². The third-order valence-corrected chi connectivity index (χ3v) is 13.9. The third kappa shape index (κ3) is 6.56. The molecule has 8 rings (SSSR count). The highest BCUT2D eigenvalue weighted by Gasteiger charge is 2.66. The smallest absolute Gasteiger partial charge is 0.255 e. The number of aliphatic hydroxyl groups excluding tert-OH is 6. The number of rotatable bonds is 4. The monoisotopic (exact) mass is 964 g/mol. The molecule has 0 bridgehead atoms. The molecule has 0 aromatic heterocycles. The van der Waals surface area contributed by atoms with Crippen LogP contribution < -0.4 is 11.5 Å². The number of benzene rings is 2. The SMILES string of the molecule is CN(C)[C@@H]1C(O)=C(C(N)=O)C(=O)[C@@]2(O)C(O)=C3C(=O)c4c(O)ccc(Cl)c4[C@@H](O)[C@H]3C[C@@H]12.CN(C)[C@@H]1C(O)=C(C(N)=O)C(=O)[C@@]2(O)C(O)=C3C(=O)c4c(O)ccc(Cl)c4[C@@H](O)[C@H]3C[C@@H]12.Cl. The van der Waals surface area contributed by atoms with E-state index in [4.69, 9.17) is 34.7 Å². The molecular weight excluding hydrogens is 923 g/mol. The lowest BCUT2D eigenvalue weighted by atomic mass is 9.58. The van der Waals surface area contributed by atoms with Crippen LogP contribution in [0.1, 0.15) is 56.9 Å². The molecule has 6 aliphatic rings. The van der Waals surface area contributed by atoms with Gasteiger partial charge in [0.25, 0.3) is 11.8 Å². The minimum Gasteiger partial charge on any atom is -0.510 e. The van der Waals surface area contributed by atoms with Crippen molar-refractivity contribution in [3.63, 3.8) is 0 Å². The number of aliphatic hydroxyl groups is 8. The van der Waals surface area contributed by atoms with E-state index in [1.165, 1.54) is 50.1 Å². The molecule has 0 fully saturated rings. The van der Waals surface area contributed by atoms with Crippen LogP contribution in [0.3, 0.4) is 0 Å². The van der Waals surface area contributed by atoms with Crippen LogP contribution in [0.15, 0.2) is 69.6 Å². The average Bonchev–Trinajstić information content (AvgIpc) is 3.19. The molecule has 0 saturated carbocycles. The average molecular weight is 966 g/mol. The number of likely N-dealkylation sites (N-methyl/N-ethyl adjacent to an activating group) is 2. The molecule has 6 aliphatic carbocycles. The summed E-state index contributed by atoms with van der Waals surface area (Å²) in [5, 5.41) is 109. The highest BCUT2D eigenvalue weighted by molar-refractivity contribution is 6.33. The number of carbonyl (C=O) groups excluding carboxylic acids is 6. The molecule has 0 aliphatic heterocycles. The zero-order valence-electron chi connectivity index (χ0n) is 34.5. The number of hydrogen-bond acceptors (Lipinski definition) is 18. The Kier molecular flexibility index (Phi) is 12.3. The molecule has 0 heterocycles. The van der Waals surface area contributed by atoms with Crippen molar-refractivity contribution in [2.45, 2.75) is 48.3 Å². The number of hydrogen-bond donors (Lipinski definition) is 12. The third-order valence-electron chi connectivity index (χ3n) is 13.3. The summed E-state index contributed by atoms with van der Waals surface area (Å²) in [7, 11) is 6.05. The number of amides is 2. The molecule has 2 aromatic rings. The number of phenols is 2. The van der Waals surface area contributed by atoms with E-state index < -0.39 is 151 Å². The Morgan fingerprint density at radius 1 is 0.615 bits per heavy atom. The number of carbonyl (C=O) groups is 6. The second kappa shape index (κ2) is 16.4. The quantitative estimate of drug-likeness (QED) is 0.190. The molecule has 0 spiro atoms. The lowest BCUT2D eigenvalue weighted by Gasteiger charge is -2.50. The van der Waals surface area contributed by atoms with Crippen LogP contribution in [-0.4, -0.2) is 147 Å². The van der Waals surface area contributed by atoms with Crippen molar-refractivity contribution in [1.82, 2.24) is 9.80 Å². The Hall–Kier alpha value is -5.55. The van der Waals surface area contributed by atoms with Crippen molar-refractivity contribution >= 4 is 70.6 Å². The van der Waals surface area contributed by atoms with Crippen molar-refractivity contribution < 1.29 is 79.8 Å². The van der Waals surface area contributed by atoms with Gasteiger partial charge in [0.15, 0.2) is 22.8 Å². The second-order valence-corrected chi connectivity index (χ2v) is 17.8. The van der Waals surface area contributed by atoms with Gasteiger partial charge in [0, 0.05) is 56.0 Å². The van der Waals surface area contributed by atoms with Gasteiger partial charge < -0.3 is 62.5 Å². The number of primary amides is 2. The van der Waals surface area contributed by atoms with E-state index in [2.05, 4.69) is 0 Å². The number of aromatic hydroxyl groups is 2. The predicted octanol–water partition coefficient (Wildman–Crippen LogP) is 0.952. The van der Waals surface area contributed by atoms with Crippen LogP contribution in [0.5, 0.6) is 11.5 Å². The van der Waals surface area contributed by atoms with E-state index in [0.29, 0.717) is 0 Å². The van der Waals surface area contributed by atoms with Crippen molar-refractivity contribution in [3.8, 4) is 11.5 Å². The molecule has 0 radical (unpaired) electrons. The zero-order chi connectivity index (χ0) is 47.7. The molecule has 348 valence electrons. The van der Waals surface area contributed by atoms with Crippen LogP contribution >= 0.6 is 35.6 Å². The van der Waals surface area contributed by atoms with Crippen LogP contribution in [0.4, 0.5) is 0 Å². The van der Waals surface area contributed by atoms with Gasteiger partial charge in [-0.25, -0.2) is 0 Å². The summed E-state index contributed by atoms with van der Waals surface area (Å²) in [4.78, 5) is 79.4. The van der Waals surface area contributed by atoms with E-state index >= 15 is 0 Å². The molecule has 14 N–H and O–H groups in total. The summed E-state index contributed by atoms with van der Waals surface area (Å²) < 4.78 is 0. The van der Waals surface area contributed by atoms with Gasteiger partial charge in [-0.15, -0.1) is 12.4 Å². The number of nitrogens with zero attached hydrogens (tertiary/aromatic N) is 2. The predicted molar refractivity (Wildman–Crippen MR) is 227 cm³/mol. The van der Waals surface area contributed by atoms with E-state index in [1.807, 2.05) is 0 Å². The number of nitrogens with two attached hydrogens (primary N) is 2. The van der Waals surface area contributed by atoms with Crippen LogP contribution in [0.2, 0.25) is 10.0 Å². The number of phenolic OH excluding ortho intramolecular Hbond substituents is 2. The Labute approximate surface area is 384 Å². The Morgan fingerprint density at radius 2 is 0.923 bits per heavy atom. The molecular formula is C42H43Cl3N4O16. The van der Waals surface area contributed by atoms with Crippen molar-refractivity contribution in [2.75, 3.05) is 28.2 Å². The Bertz CT molecular complexity index is 2500. The first kappa shape index (κ1) is 48.9. The summed E-state index contributed by atoms with van der Waals surface area (Å²) in [6, 6.07) is 2.61. The Balaban J connectivity index is 0.000000212. The van der Waals surface area contributed by atoms with E-state index in [0.717, 1.165) is 12.1 Å². The van der Waals surface area contributed by atoms with E-state index in [1.54, 1.807) is 0 Å². The van der Waals surface area contributed by atoms with E-state index in [-0.39, 0.29) is 57.5 Å². The summed E-state index contributed by atoms with van der Waals surface area (Å²) in [5.74, 6) is -16.4. The molecule has 20 nitrogen and oxygen atoms in total. The van der Waals surface area contributed by atoms with Crippen molar-refractivity contribution in [2.24, 2.45) is 35.1 Å². The topological polar surface area (TPSA) is 363 Å². The van der Waals surface area contributed by atoms with Crippen LogP contribution in [-0.2, 0) is 19.2 Å². The lowest BCUT2D eigenvalue weighted by Crippen LogP contribution is -2.64. The molecule has 2 amide bonds. The maximum absolute atomic E-state index is 13.3. The maximum Gasteiger partial charge on any atom is 0.255 e. The van der Waals surface area contributed by atoms with Crippen LogP contribution in [0, 0.1) is 23.7 Å². The first-order chi connectivity index (χ1) is 29.7. The van der Waals surface area contributed by atoms with Gasteiger partial charge in [0.1, 0.15) is 45.7 Å². The summed E-state index contributed by atoms with van der Waals surface area (Å²) >= 11 is 12.3. The van der Waals surface area contributed by atoms with Gasteiger partial charge in [-0.3, -0.25) is 38.6 Å². The van der Waals surface area contributed by atoms with Gasteiger partial charge in [-0.1, -0.05) is 23.2 Å². The zero-order valence-corrected chi connectivity index (χ0v) is 36.8. The summed E-state index contributed by atoms with van der Waals surface area (Å²) in [5.41, 5.74) is 1.48. The highest BCUT2D eigenvalue weighted by Crippen LogP contribution is 2.57. The minimum atomic E-state index is -2.77. The number of ketones is 4. The van der Waals surface area contributed by atoms with Crippen molar-refractivity contribution in [3.05, 3.63) is 102 Å². The fourth-order valence-electron chi connectivity index (χ4n) is 10.5.